The van der Waals surface area contributed by atoms with Crippen molar-refractivity contribution in [1.82, 2.24) is 4.68 Å². The number of allylic oxidation sites excluding steroid dienone is 3. The number of carboxylic acid groups (broad SMARTS) is 1. The van der Waals surface area contributed by atoms with Crippen LogP contribution in [-0.4, -0.2) is 15.8 Å². The minimum atomic E-state index is -0.872. The predicted molar refractivity (Wildman–Crippen MR) is 64.9 cm³/mol. The average Bonchev–Trinajstić information content (AvgIpc) is 2.61. The summed E-state index contributed by atoms with van der Waals surface area (Å²) >= 11 is 0. The van der Waals surface area contributed by atoms with Gasteiger partial charge < -0.3 is 10.9 Å². The van der Waals surface area contributed by atoms with Gasteiger partial charge >= 0.3 is 5.97 Å². The summed E-state index contributed by atoms with van der Waals surface area (Å²) in [6.45, 7) is 0. The predicted octanol–water partition coefficient (Wildman–Crippen LogP) is 1.49. The molecule has 0 aliphatic heterocycles. The highest BCUT2D eigenvalue weighted by Crippen LogP contribution is 2.40. The molecule has 4 nitrogen and oxygen atoms in total. The molecule has 0 spiro atoms. The second kappa shape index (κ2) is 3.52. The Morgan fingerprint density at radius 1 is 1.41 bits per heavy atom. The van der Waals surface area contributed by atoms with E-state index in [0.29, 0.717) is 0 Å². The molecule has 2 aliphatic rings. The molecule has 4 heteroatoms. The third kappa shape index (κ3) is 1.48. The summed E-state index contributed by atoms with van der Waals surface area (Å²) in [5.41, 5.74) is 5.57. The molecule has 17 heavy (non-hydrogen) atoms. The summed E-state index contributed by atoms with van der Waals surface area (Å²) in [7, 11) is 0. The molecule has 0 atom stereocenters. The second-order valence-corrected chi connectivity index (χ2v) is 4.55. The number of carboxylic acids is 1. The molecular weight excluding hydrogens is 216 g/mol. The molecule has 0 amide bonds. The van der Waals surface area contributed by atoms with E-state index in [1.54, 1.807) is 4.68 Å². The SMILES string of the molecule is Nn1cc2c3c1CCC=C3/C(=C/C(=O)O)CC2. The van der Waals surface area contributed by atoms with Gasteiger partial charge in [-0.05, 0) is 42.4 Å². The molecular formula is C13H14N2O2. The molecule has 0 fully saturated rings. The molecule has 1 aromatic heterocycles. The van der Waals surface area contributed by atoms with Gasteiger partial charge in [0.15, 0.2) is 0 Å². The molecule has 2 aliphatic carbocycles. The van der Waals surface area contributed by atoms with Crippen molar-refractivity contribution in [3.63, 3.8) is 0 Å². The fraction of sp³-hybridized carbons (Fsp3) is 0.308. The van der Waals surface area contributed by atoms with E-state index in [0.717, 1.165) is 42.5 Å². The van der Waals surface area contributed by atoms with Crippen LogP contribution < -0.4 is 5.84 Å². The Morgan fingerprint density at radius 3 is 3.00 bits per heavy atom. The lowest BCUT2D eigenvalue weighted by atomic mass is 9.81. The molecule has 0 unspecified atom stereocenters. The first-order chi connectivity index (χ1) is 8.16. The molecule has 0 radical (unpaired) electrons. The average molecular weight is 230 g/mol. The van der Waals surface area contributed by atoms with Crippen molar-refractivity contribution < 1.29 is 9.90 Å². The Bertz CT molecular complexity index is 564. The summed E-state index contributed by atoms with van der Waals surface area (Å²) < 4.78 is 1.70. The minimum Gasteiger partial charge on any atom is -0.478 e. The normalized spacial score (nSPS) is 20.0. The van der Waals surface area contributed by atoms with Gasteiger partial charge in [0, 0.05) is 23.5 Å². The molecule has 0 bridgehead atoms. The number of nitrogen functional groups attached to an aromatic ring is 1. The zero-order valence-electron chi connectivity index (χ0n) is 9.44. The van der Waals surface area contributed by atoms with Crippen LogP contribution in [0.4, 0.5) is 0 Å². The summed E-state index contributed by atoms with van der Waals surface area (Å²) in [5.74, 6) is 5.06. The Morgan fingerprint density at radius 2 is 2.24 bits per heavy atom. The van der Waals surface area contributed by atoms with Crippen LogP contribution >= 0.6 is 0 Å². The molecule has 0 aromatic carbocycles. The number of carbonyl (C=O) groups is 1. The Kier molecular flexibility index (Phi) is 2.11. The standard InChI is InChI=1S/C13H14N2O2/c14-15-7-9-5-4-8(6-12(16)17)10-2-1-3-11(15)13(9)10/h2,6-7H,1,3-5,14H2,(H,16,17)/b8-6+. The van der Waals surface area contributed by atoms with E-state index in [2.05, 4.69) is 6.08 Å². The summed E-state index contributed by atoms with van der Waals surface area (Å²) in [6, 6.07) is 0. The summed E-state index contributed by atoms with van der Waals surface area (Å²) in [4.78, 5) is 10.8. The largest absolute Gasteiger partial charge is 0.478 e. The molecule has 0 saturated heterocycles. The fourth-order valence-corrected chi connectivity index (χ4v) is 2.85. The van der Waals surface area contributed by atoms with Gasteiger partial charge in [-0.15, -0.1) is 0 Å². The lowest BCUT2D eigenvalue weighted by Gasteiger charge is -2.23. The second-order valence-electron chi connectivity index (χ2n) is 4.55. The van der Waals surface area contributed by atoms with Gasteiger partial charge in [0.05, 0.1) is 0 Å². The Hall–Kier alpha value is -1.97. The third-order valence-electron chi connectivity index (χ3n) is 3.52. The highest BCUT2D eigenvalue weighted by molar-refractivity contribution is 5.92. The molecule has 88 valence electrons. The summed E-state index contributed by atoms with van der Waals surface area (Å²) in [6.07, 6.45) is 8.98. The van der Waals surface area contributed by atoms with Crippen molar-refractivity contribution in [2.45, 2.75) is 25.7 Å². The van der Waals surface area contributed by atoms with Crippen LogP contribution in [-0.2, 0) is 17.6 Å². The summed E-state index contributed by atoms with van der Waals surface area (Å²) in [5, 5.41) is 8.89. The molecule has 0 saturated carbocycles. The number of nitrogens with two attached hydrogens (primary N) is 1. The first kappa shape index (κ1) is 10.2. The van der Waals surface area contributed by atoms with E-state index in [1.807, 2.05) is 6.20 Å². The van der Waals surface area contributed by atoms with Crippen LogP contribution in [0.3, 0.4) is 0 Å². The maximum absolute atomic E-state index is 10.8. The zero-order chi connectivity index (χ0) is 12.0. The highest BCUT2D eigenvalue weighted by Gasteiger charge is 2.27. The van der Waals surface area contributed by atoms with Crippen LogP contribution in [0.5, 0.6) is 0 Å². The van der Waals surface area contributed by atoms with Gasteiger partial charge in [-0.25, -0.2) is 4.79 Å². The van der Waals surface area contributed by atoms with E-state index in [1.165, 1.54) is 17.2 Å². The number of aromatic nitrogens is 1. The minimum absolute atomic E-state index is 0.786. The number of rotatable bonds is 1. The number of aliphatic carboxylic acids is 1. The van der Waals surface area contributed by atoms with E-state index < -0.39 is 5.97 Å². The van der Waals surface area contributed by atoms with Crippen molar-refractivity contribution in [3.8, 4) is 0 Å². The topological polar surface area (TPSA) is 68.2 Å². The fourth-order valence-electron chi connectivity index (χ4n) is 2.85. The van der Waals surface area contributed by atoms with E-state index in [9.17, 15) is 4.79 Å². The van der Waals surface area contributed by atoms with Crippen molar-refractivity contribution in [1.29, 1.82) is 0 Å². The maximum Gasteiger partial charge on any atom is 0.328 e. The molecule has 1 aromatic rings. The number of nitrogens with zero attached hydrogens (tertiary/aromatic N) is 1. The van der Waals surface area contributed by atoms with Gasteiger partial charge in [0.25, 0.3) is 0 Å². The van der Waals surface area contributed by atoms with Crippen LogP contribution in [0.2, 0.25) is 0 Å². The lowest BCUT2D eigenvalue weighted by molar-refractivity contribution is -0.131. The van der Waals surface area contributed by atoms with Gasteiger partial charge in [-0.2, -0.15) is 0 Å². The zero-order valence-corrected chi connectivity index (χ0v) is 9.44. The molecule has 1 heterocycles. The van der Waals surface area contributed by atoms with Gasteiger partial charge in [0.2, 0.25) is 0 Å². The number of hydrogen-bond donors (Lipinski definition) is 2. The van der Waals surface area contributed by atoms with E-state index in [-0.39, 0.29) is 0 Å². The Labute approximate surface area is 99.0 Å². The first-order valence-corrected chi connectivity index (χ1v) is 5.79. The van der Waals surface area contributed by atoms with Gasteiger partial charge in [-0.3, -0.25) is 4.68 Å². The van der Waals surface area contributed by atoms with Gasteiger partial charge in [-0.1, -0.05) is 6.08 Å². The first-order valence-electron chi connectivity index (χ1n) is 5.79. The quantitative estimate of drug-likeness (QED) is 0.567. The monoisotopic (exact) mass is 230 g/mol. The van der Waals surface area contributed by atoms with Crippen molar-refractivity contribution in [2.24, 2.45) is 0 Å². The highest BCUT2D eigenvalue weighted by atomic mass is 16.4. The van der Waals surface area contributed by atoms with E-state index in [4.69, 9.17) is 10.9 Å². The van der Waals surface area contributed by atoms with Crippen molar-refractivity contribution in [3.05, 3.63) is 40.7 Å². The van der Waals surface area contributed by atoms with Crippen LogP contribution in [0.15, 0.2) is 23.9 Å². The van der Waals surface area contributed by atoms with Crippen LogP contribution in [0.25, 0.3) is 5.57 Å². The van der Waals surface area contributed by atoms with E-state index >= 15 is 0 Å². The molecule has 3 N–H and O–H groups in total. The van der Waals surface area contributed by atoms with Crippen LogP contribution in [0.1, 0.15) is 29.7 Å². The van der Waals surface area contributed by atoms with Gasteiger partial charge in [0.1, 0.15) is 0 Å². The molecule has 3 rings (SSSR count). The van der Waals surface area contributed by atoms with Crippen molar-refractivity contribution in [2.75, 3.05) is 5.84 Å². The lowest BCUT2D eigenvalue weighted by Crippen LogP contribution is -2.14. The maximum atomic E-state index is 10.8. The van der Waals surface area contributed by atoms with Crippen LogP contribution in [0, 0.1) is 0 Å². The number of aryl methyl sites for hydroxylation is 1. The smallest absolute Gasteiger partial charge is 0.328 e. The third-order valence-corrected chi connectivity index (χ3v) is 3.52. The van der Waals surface area contributed by atoms with Crippen molar-refractivity contribution >= 4 is 11.5 Å². The Balaban J connectivity index is 2.17. The number of hydrogen-bond acceptors (Lipinski definition) is 2.